The Bertz CT molecular complexity index is 447. The predicted octanol–water partition coefficient (Wildman–Crippen LogP) is -0.837. The van der Waals surface area contributed by atoms with Crippen molar-refractivity contribution < 1.29 is 19.5 Å². The van der Waals surface area contributed by atoms with E-state index in [4.69, 9.17) is 10.8 Å². The molecule has 8 heteroatoms. The van der Waals surface area contributed by atoms with Crippen LogP contribution in [0.2, 0.25) is 0 Å². The van der Waals surface area contributed by atoms with E-state index in [2.05, 4.69) is 10.3 Å². The van der Waals surface area contributed by atoms with Crippen molar-refractivity contribution in [3.63, 3.8) is 0 Å². The lowest BCUT2D eigenvalue weighted by Gasteiger charge is -2.19. The van der Waals surface area contributed by atoms with Gasteiger partial charge in [-0.15, -0.1) is 0 Å². The number of nitrogens with two attached hydrogens (primary N) is 1. The molecule has 0 saturated carbocycles. The first-order chi connectivity index (χ1) is 8.99. The van der Waals surface area contributed by atoms with Crippen molar-refractivity contribution in [1.82, 2.24) is 15.2 Å². The van der Waals surface area contributed by atoms with Gasteiger partial charge in [0.15, 0.2) is 0 Å². The smallest absolute Gasteiger partial charge is 0.323 e. The van der Waals surface area contributed by atoms with E-state index in [9.17, 15) is 14.4 Å². The van der Waals surface area contributed by atoms with Crippen LogP contribution in [0.1, 0.15) is 5.56 Å². The number of primary amides is 1. The Morgan fingerprint density at radius 3 is 2.42 bits per heavy atom. The summed E-state index contributed by atoms with van der Waals surface area (Å²) in [6.07, 6.45) is 3.14. The third-order valence-electron chi connectivity index (χ3n) is 2.15. The Balaban J connectivity index is 2.56. The first-order valence-corrected chi connectivity index (χ1v) is 5.41. The molecule has 0 unspecified atom stereocenters. The summed E-state index contributed by atoms with van der Waals surface area (Å²) < 4.78 is 0. The van der Waals surface area contributed by atoms with E-state index in [0.717, 1.165) is 10.5 Å². The lowest BCUT2D eigenvalue weighted by Crippen LogP contribution is -2.46. The number of rotatable bonds is 6. The van der Waals surface area contributed by atoms with E-state index in [0.29, 0.717) is 0 Å². The molecule has 0 bridgehead atoms. The molecule has 0 fully saturated rings. The van der Waals surface area contributed by atoms with Crippen molar-refractivity contribution in [3.05, 3.63) is 30.1 Å². The van der Waals surface area contributed by atoms with Gasteiger partial charge in [0.25, 0.3) is 0 Å². The van der Waals surface area contributed by atoms with Crippen LogP contribution < -0.4 is 11.1 Å². The monoisotopic (exact) mass is 266 g/mol. The summed E-state index contributed by atoms with van der Waals surface area (Å²) in [5.74, 6) is -2.00. The summed E-state index contributed by atoms with van der Waals surface area (Å²) in [5.41, 5.74) is 5.76. The summed E-state index contributed by atoms with van der Waals surface area (Å²) in [7, 11) is 0. The number of aromatic nitrogens is 1. The highest BCUT2D eigenvalue weighted by molar-refractivity contribution is 5.85. The van der Waals surface area contributed by atoms with Crippen molar-refractivity contribution in [2.45, 2.75) is 6.54 Å². The van der Waals surface area contributed by atoms with Crippen LogP contribution in [0.5, 0.6) is 0 Å². The van der Waals surface area contributed by atoms with Crippen LogP contribution in [-0.4, -0.2) is 46.0 Å². The summed E-state index contributed by atoms with van der Waals surface area (Å²) in [6.45, 7) is -0.837. The molecule has 0 spiro atoms. The Morgan fingerprint density at radius 1 is 1.26 bits per heavy atom. The zero-order valence-corrected chi connectivity index (χ0v) is 10.1. The van der Waals surface area contributed by atoms with Crippen LogP contribution in [0.25, 0.3) is 0 Å². The quantitative estimate of drug-likeness (QED) is 0.619. The van der Waals surface area contributed by atoms with Crippen molar-refractivity contribution in [2.24, 2.45) is 5.73 Å². The van der Waals surface area contributed by atoms with Crippen molar-refractivity contribution >= 4 is 17.9 Å². The number of aliphatic carboxylic acids is 1. The molecule has 4 N–H and O–H groups in total. The van der Waals surface area contributed by atoms with E-state index in [1.165, 1.54) is 0 Å². The highest BCUT2D eigenvalue weighted by Gasteiger charge is 2.18. The minimum absolute atomic E-state index is 0.205. The number of hydrogen-bond donors (Lipinski definition) is 3. The maximum atomic E-state index is 11.7. The molecule has 8 nitrogen and oxygen atoms in total. The second-order valence-corrected chi connectivity index (χ2v) is 3.73. The molecule has 102 valence electrons. The average molecular weight is 266 g/mol. The van der Waals surface area contributed by atoms with Crippen molar-refractivity contribution in [2.75, 3.05) is 13.1 Å². The van der Waals surface area contributed by atoms with Gasteiger partial charge in [0, 0.05) is 18.9 Å². The molecule has 0 aliphatic rings. The highest BCUT2D eigenvalue weighted by atomic mass is 16.4. The largest absolute Gasteiger partial charge is 0.480 e. The van der Waals surface area contributed by atoms with E-state index >= 15 is 0 Å². The molecule has 0 atom stereocenters. The van der Waals surface area contributed by atoms with E-state index in [1.54, 1.807) is 24.5 Å². The van der Waals surface area contributed by atoms with Crippen LogP contribution >= 0.6 is 0 Å². The van der Waals surface area contributed by atoms with Crippen LogP contribution in [0, 0.1) is 0 Å². The SMILES string of the molecule is NC(=O)CN(CC(=O)O)C(=O)NCc1ccncc1. The van der Waals surface area contributed by atoms with Crippen molar-refractivity contribution in [3.8, 4) is 0 Å². The zero-order valence-electron chi connectivity index (χ0n) is 10.1. The van der Waals surface area contributed by atoms with Gasteiger partial charge in [-0.05, 0) is 17.7 Å². The van der Waals surface area contributed by atoms with Crippen LogP contribution in [-0.2, 0) is 16.1 Å². The number of nitrogens with zero attached hydrogens (tertiary/aromatic N) is 2. The lowest BCUT2D eigenvalue weighted by molar-refractivity contribution is -0.137. The van der Waals surface area contributed by atoms with Gasteiger partial charge < -0.3 is 21.1 Å². The third kappa shape index (κ3) is 5.48. The van der Waals surface area contributed by atoms with E-state index in [-0.39, 0.29) is 6.54 Å². The molecular formula is C11H14N4O4. The lowest BCUT2D eigenvalue weighted by atomic mass is 10.3. The van der Waals surface area contributed by atoms with Gasteiger partial charge in [-0.25, -0.2) is 4.79 Å². The van der Waals surface area contributed by atoms with Gasteiger partial charge in [0.05, 0.1) is 0 Å². The number of carbonyl (C=O) groups is 3. The molecule has 0 radical (unpaired) electrons. The fourth-order valence-corrected chi connectivity index (χ4v) is 1.34. The second-order valence-electron chi connectivity index (χ2n) is 3.73. The molecule has 0 aromatic carbocycles. The highest BCUT2D eigenvalue weighted by Crippen LogP contribution is 1.96. The summed E-state index contributed by atoms with van der Waals surface area (Å²) >= 11 is 0. The van der Waals surface area contributed by atoms with Gasteiger partial charge in [0.1, 0.15) is 13.1 Å². The topological polar surface area (TPSA) is 126 Å². The minimum atomic E-state index is -1.22. The Hall–Kier alpha value is -2.64. The Labute approximate surface area is 109 Å². The molecule has 1 aromatic heterocycles. The summed E-state index contributed by atoms with van der Waals surface area (Å²) in [6, 6.07) is 2.74. The number of nitrogens with one attached hydrogen (secondary N) is 1. The number of hydrogen-bond acceptors (Lipinski definition) is 4. The second kappa shape index (κ2) is 6.94. The fourth-order valence-electron chi connectivity index (χ4n) is 1.34. The van der Waals surface area contributed by atoms with Crippen LogP contribution in [0.15, 0.2) is 24.5 Å². The number of carbonyl (C=O) groups excluding carboxylic acids is 2. The number of urea groups is 1. The normalized spacial score (nSPS) is 9.68. The molecule has 0 saturated heterocycles. The van der Waals surface area contributed by atoms with Crippen LogP contribution in [0.3, 0.4) is 0 Å². The maximum Gasteiger partial charge on any atom is 0.323 e. The molecule has 19 heavy (non-hydrogen) atoms. The number of amides is 3. The molecule has 0 aliphatic carbocycles. The molecule has 1 heterocycles. The number of carboxylic acid groups (broad SMARTS) is 1. The number of carboxylic acids is 1. The molecule has 1 rings (SSSR count). The third-order valence-corrected chi connectivity index (χ3v) is 2.15. The fraction of sp³-hybridized carbons (Fsp3) is 0.273. The minimum Gasteiger partial charge on any atom is -0.480 e. The Morgan fingerprint density at radius 2 is 1.89 bits per heavy atom. The van der Waals surface area contributed by atoms with Gasteiger partial charge in [-0.2, -0.15) is 0 Å². The average Bonchev–Trinajstić information content (AvgIpc) is 2.35. The van der Waals surface area contributed by atoms with E-state index in [1.807, 2.05) is 0 Å². The summed E-state index contributed by atoms with van der Waals surface area (Å²) in [4.78, 5) is 37.7. The summed E-state index contributed by atoms with van der Waals surface area (Å²) in [5, 5.41) is 11.1. The van der Waals surface area contributed by atoms with Gasteiger partial charge >= 0.3 is 12.0 Å². The van der Waals surface area contributed by atoms with Crippen molar-refractivity contribution in [1.29, 1.82) is 0 Å². The predicted molar refractivity (Wildman–Crippen MR) is 64.9 cm³/mol. The molecule has 3 amide bonds. The Kier molecular flexibility index (Phi) is 5.27. The maximum absolute atomic E-state index is 11.7. The van der Waals surface area contributed by atoms with Gasteiger partial charge in [-0.3, -0.25) is 14.6 Å². The van der Waals surface area contributed by atoms with Gasteiger partial charge in [-0.1, -0.05) is 0 Å². The standard InChI is InChI=1S/C11H14N4O4/c12-9(16)6-15(7-10(17)18)11(19)14-5-8-1-3-13-4-2-8/h1-4H,5-7H2,(H2,12,16)(H,14,19)(H,17,18). The first kappa shape index (κ1) is 14.4. The first-order valence-electron chi connectivity index (χ1n) is 5.41. The van der Waals surface area contributed by atoms with Crippen LogP contribution in [0.4, 0.5) is 4.79 Å². The number of pyridine rings is 1. The van der Waals surface area contributed by atoms with E-state index < -0.39 is 31.0 Å². The molecule has 0 aliphatic heterocycles. The molecule has 1 aromatic rings. The van der Waals surface area contributed by atoms with Gasteiger partial charge in [0.2, 0.25) is 5.91 Å². The zero-order chi connectivity index (χ0) is 14.3. The molecular weight excluding hydrogens is 252 g/mol.